The van der Waals surface area contributed by atoms with E-state index in [1.165, 1.54) is 12.3 Å². The summed E-state index contributed by atoms with van der Waals surface area (Å²) in [5.41, 5.74) is -0.619. The van der Waals surface area contributed by atoms with Gasteiger partial charge in [0.25, 0.3) is 6.43 Å². The van der Waals surface area contributed by atoms with E-state index in [1.807, 2.05) is 0 Å². The largest absolute Gasteiger partial charge is 0.267 e. The van der Waals surface area contributed by atoms with Crippen molar-refractivity contribution in [3.05, 3.63) is 28.5 Å². The molecule has 0 unspecified atom stereocenters. The maximum Gasteiger partial charge on any atom is 0.267 e. The number of hydrogen-bond acceptors (Lipinski definition) is 1. The Kier molecular flexibility index (Phi) is 2.92. The van der Waals surface area contributed by atoms with Crippen LogP contribution in [-0.2, 0) is 6.67 Å². The van der Waals surface area contributed by atoms with Crippen LogP contribution in [0.25, 0.3) is 0 Å². The molecule has 0 aliphatic heterocycles. The SMILES string of the molecule is FCc1ccnc(Cl)c1C(F)F. The average Bonchev–Trinajstić information content (AvgIpc) is 2.03. The molecule has 0 aliphatic rings. The van der Waals surface area contributed by atoms with Gasteiger partial charge in [0.1, 0.15) is 11.8 Å². The van der Waals surface area contributed by atoms with E-state index in [1.54, 1.807) is 0 Å². The molecular formula is C7H5ClF3N. The second kappa shape index (κ2) is 3.76. The first-order chi connectivity index (χ1) is 5.66. The molecule has 1 heterocycles. The number of rotatable bonds is 2. The molecule has 1 rings (SSSR count). The van der Waals surface area contributed by atoms with Crippen LogP contribution >= 0.6 is 11.6 Å². The quantitative estimate of drug-likeness (QED) is 0.661. The Morgan fingerprint density at radius 1 is 1.50 bits per heavy atom. The Labute approximate surface area is 72.2 Å². The van der Waals surface area contributed by atoms with E-state index in [-0.39, 0.29) is 10.7 Å². The second-order valence-electron chi connectivity index (χ2n) is 2.11. The van der Waals surface area contributed by atoms with Gasteiger partial charge in [0.05, 0.1) is 5.56 Å². The Bertz CT molecular complexity index is 277. The van der Waals surface area contributed by atoms with Crippen LogP contribution in [0.3, 0.4) is 0 Å². The van der Waals surface area contributed by atoms with E-state index in [2.05, 4.69) is 4.98 Å². The van der Waals surface area contributed by atoms with Crippen molar-refractivity contribution in [3.63, 3.8) is 0 Å². The smallest absolute Gasteiger partial charge is 0.246 e. The minimum absolute atomic E-state index is 0.106. The number of nitrogens with zero attached hydrogens (tertiary/aromatic N) is 1. The van der Waals surface area contributed by atoms with Crippen LogP contribution in [0.4, 0.5) is 13.2 Å². The first kappa shape index (κ1) is 9.32. The van der Waals surface area contributed by atoms with Crippen molar-refractivity contribution >= 4 is 11.6 Å². The summed E-state index contributed by atoms with van der Waals surface area (Å²) in [4.78, 5) is 3.43. The predicted molar refractivity (Wildman–Crippen MR) is 39.0 cm³/mol. The first-order valence-corrected chi connectivity index (χ1v) is 3.52. The zero-order valence-corrected chi connectivity index (χ0v) is 6.65. The fraction of sp³-hybridized carbons (Fsp3) is 0.286. The van der Waals surface area contributed by atoms with E-state index in [9.17, 15) is 13.2 Å². The van der Waals surface area contributed by atoms with Gasteiger partial charge in [-0.05, 0) is 11.6 Å². The van der Waals surface area contributed by atoms with Crippen LogP contribution in [0.15, 0.2) is 12.3 Å². The topological polar surface area (TPSA) is 12.9 Å². The maximum absolute atomic E-state index is 12.2. The molecular weight excluding hydrogens is 191 g/mol. The molecule has 0 bridgehead atoms. The molecule has 0 amide bonds. The summed E-state index contributed by atoms with van der Waals surface area (Å²) in [7, 11) is 0. The molecule has 0 spiro atoms. The Morgan fingerprint density at radius 3 is 2.58 bits per heavy atom. The number of alkyl halides is 3. The lowest BCUT2D eigenvalue weighted by Crippen LogP contribution is -1.95. The molecule has 0 fully saturated rings. The highest BCUT2D eigenvalue weighted by Crippen LogP contribution is 2.28. The van der Waals surface area contributed by atoms with Crippen LogP contribution < -0.4 is 0 Å². The van der Waals surface area contributed by atoms with E-state index >= 15 is 0 Å². The van der Waals surface area contributed by atoms with Gasteiger partial charge >= 0.3 is 0 Å². The van der Waals surface area contributed by atoms with Crippen molar-refractivity contribution in [2.75, 3.05) is 0 Å². The van der Waals surface area contributed by atoms with Gasteiger partial charge in [-0.15, -0.1) is 0 Å². The molecule has 1 nitrogen and oxygen atoms in total. The molecule has 0 atom stereocenters. The highest BCUT2D eigenvalue weighted by molar-refractivity contribution is 6.30. The predicted octanol–water partition coefficient (Wildman–Crippen LogP) is 3.14. The van der Waals surface area contributed by atoms with E-state index in [0.717, 1.165) is 0 Å². The van der Waals surface area contributed by atoms with E-state index in [4.69, 9.17) is 11.6 Å². The van der Waals surface area contributed by atoms with Gasteiger partial charge in [-0.3, -0.25) is 0 Å². The minimum atomic E-state index is -2.78. The van der Waals surface area contributed by atoms with Gasteiger partial charge in [-0.25, -0.2) is 18.2 Å². The van der Waals surface area contributed by atoms with Crippen molar-refractivity contribution in [3.8, 4) is 0 Å². The molecule has 1 aromatic rings. The summed E-state index contributed by atoms with van der Waals surface area (Å²) >= 11 is 5.35. The Morgan fingerprint density at radius 2 is 2.17 bits per heavy atom. The van der Waals surface area contributed by atoms with Crippen molar-refractivity contribution in [1.82, 2.24) is 4.98 Å². The highest BCUT2D eigenvalue weighted by atomic mass is 35.5. The monoisotopic (exact) mass is 195 g/mol. The summed E-state index contributed by atoms with van der Waals surface area (Å²) in [6, 6.07) is 1.19. The fourth-order valence-corrected chi connectivity index (χ4v) is 1.09. The van der Waals surface area contributed by atoms with E-state index < -0.39 is 18.7 Å². The van der Waals surface area contributed by atoms with Crippen LogP contribution in [0.5, 0.6) is 0 Å². The summed E-state index contributed by atoms with van der Waals surface area (Å²) in [6.07, 6.45) is -1.58. The van der Waals surface area contributed by atoms with Crippen LogP contribution in [0.2, 0.25) is 5.15 Å². The Hall–Kier alpha value is -0.770. The number of aromatic nitrogens is 1. The van der Waals surface area contributed by atoms with Gasteiger partial charge < -0.3 is 0 Å². The molecule has 0 aromatic carbocycles. The lowest BCUT2D eigenvalue weighted by Gasteiger charge is -2.05. The summed E-state index contributed by atoms with van der Waals surface area (Å²) < 4.78 is 36.5. The second-order valence-corrected chi connectivity index (χ2v) is 2.47. The first-order valence-electron chi connectivity index (χ1n) is 3.14. The Balaban J connectivity index is 3.20. The number of halogens is 4. The third-order valence-corrected chi connectivity index (χ3v) is 1.70. The molecule has 12 heavy (non-hydrogen) atoms. The van der Waals surface area contributed by atoms with Crippen LogP contribution in [0.1, 0.15) is 17.6 Å². The summed E-state index contributed by atoms with van der Waals surface area (Å²) in [6.45, 7) is -0.956. The van der Waals surface area contributed by atoms with Crippen molar-refractivity contribution < 1.29 is 13.2 Å². The van der Waals surface area contributed by atoms with Crippen LogP contribution in [-0.4, -0.2) is 4.98 Å². The average molecular weight is 196 g/mol. The van der Waals surface area contributed by atoms with Gasteiger partial charge in [-0.1, -0.05) is 11.6 Å². The molecule has 0 saturated heterocycles. The number of pyridine rings is 1. The third-order valence-electron chi connectivity index (χ3n) is 1.39. The third kappa shape index (κ3) is 1.69. The van der Waals surface area contributed by atoms with Crippen LogP contribution in [0, 0.1) is 0 Å². The minimum Gasteiger partial charge on any atom is -0.246 e. The lowest BCUT2D eigenvalue weighted by molar-refractivity contribution is 0.149. The molecule has 1 aromatic heterocycles. The highest BCUT2D eigenvalue weighted by Gasteiger charge is 2.17. The molecule has 66 valence electrons. The lowest BCUT2D eigenvalue weighted by atomic mass is 10.1. The zero-order chi connectivity index (χ0) is 9.14. The van der Waals surface area contributed by atoms with E-state index in [0.29, 0.717) is 0 Å². The summed E-state index contributed by atoms with van der Waals surface area (Å²) in [5.74, 6) is 0. The van der Waals surface area contributed by atoms with Crippen molar-refractivity contribution in [1.29, 1.82) is 0 Å². The zero-order valence-electron chi connectivity index (χ0n) is 5.90. The molecule has 0 radical (unpaired) electrons. The fourth-order valence-electron chi connectivity index (χ4n) is 0.831. The van der Waals surface area contributed by atoms with Crippen molar-refractivity contribution in [2.24, 2.45) is 0 Å². The van der Waals surface area contributed by atoms with Gasteiger partial charge in [-0.2, -0.15) is 0 Å². The molecule has 0 aliphatic carbocycles. The number of hydrogen-bond donors (Lipinski definition) is 0. The van der Waals surface area contributed by atoms with Gasteiger partial charge in [0.15, 0.2) is 0 Å². The maximum atomic E-state index is 12.2. The molecule has 0 saturated carbocycles. The standard InChI is InChI=1S/C7H5ClF3N/c8-6-5(7(10)11)4(3-9)1-2-12-6/h1-2,7H,3H2. The molecule has 5 heteroatoms. The van der Waals surface area contributed by atoms with Gasteiger partial charge in [0.2, 0.25) is 0 Å². The van der Waals surface area contributed by atoms with Gasteiger partial charge in [0, 0.05) is 6.20 Å². The normalized spacial score (nSPS) is 10.8. The molecule has 0 N–H and O–H groups in total. The summed E-state index contributed by atoms with van der Waals surface area (Å²) in [5, 5.41) is -0.333. The van der Waals surface area contributed by atoms with Crippen molar-refractivity contribution in [2.45, 2.75) is 13.1 Å².